The van der Waals surface area contributed by atoms with Gasteiger partial charge in [0.05, 0.1) is 5.69 Å². The number of rotatable bonds is 4. The lowest BCUT2D eigenvalue weighted by Crippen LogP contribution is -2.40. The van der Waals surface area contributed by atoms with Gasteiger partial charge in [-0.15, -0.1) is 0 Å². The van der Waals surface area contributed by atoms with Gasteiger partial charge < -0.3 is 19.7 Å². The number of nitrogens with zero attached hydrogens (tertiary/aromatic N) is 1. The molecule has 1 atom stereocenters. The highest BCUT2D eigenvalue weighted by Crippen LogP contribution is 2.38. The Morgan fingerprint density at radius 1 is 1.45 bits per heavy atom. The van der Waals surface area contributed by atoms with E-state index in [2.05, 4.69) is 24.4 Å². The molecule has 3 rings (SSSR count). The summed E-state index contributed by atoms with van der Waals surface area (Å²) in [5.74, 6) is 1.31. The highest BCUT2D eigenvalue weighted by molar-refractivity contribution is 5.98. The number of fused-ring (bicyclic) bond motifs is 2. The van der Waals surface area contributed by atoms with Crippen LogP contribution in [-0.4, -0.2) is 45.9 Å². The van der Waals surface area contributed by atoms with Gasteiger partial charge in [0.15, 0.2) is 6.61 Å². The van der Waals surface area contributed by atoms with Crippen LogP contribution < -0.4 is 15.0 Å². The number of amides is 1. The lowest BCUT2D eigenvalue weighted by Gasteiger charge is -2.31. The highest BCUT2D eigenvalue weighted by Gasteiger charge is 2.28. The zero-order valence-corrected chi connectivity index (χ0v) is 13.4. The van der Waals surface area contributed by atoms with E-state index in [4.69, 9.17) is 9.47 Å². The number of hydrogen-bond acceptors (Lipinski definition) is 4. The minimum atomic E-state index is 0.0305. The van der Waals surface area contributed by atoms with E-state index in [9.17, 15) is 4.79 Å². The molecule has 0 aromatic heterocycles. The van der Waals surface area contributed by atoms with Gasteiger partial charge in [0.2, 0.25) is 0 Å². The first-order chi connectivity index (χ1) is 10.7. The van der Waals surface area contributed by atoms with Crippen LogP contribution >= 0.6 is 0 Å². The second-order valence-corrected chi connectivity index (χ2v) is 6.05. The van der Waals surface area contributed by atoms with Crippen molar-refractivity contribution in [1.29, 1.82) is 0 Å². The molecule has 5 nitrogen and oxygen atoms in total. The Bertz CT molecular complexity index is 559. The van der Waals surface area contributed by atoms with Gasteiger partial charge in [-0.1, -0.05) is 6.92 Å². The number of nitrogens with one attached hydrogen (secondary N) is 1. The topological polar surface area (TPSA) is 50.8 Å². The lowest BCUT2D eigenvalue weighted by molar-refractivity contribution is -0.121. The van der Waals surface area contributed by atoms with E-state index >= 15 is 0 Å². The van der Waals surface area contributed by atoms with Crippen LogP contribution in [0.4, 0.5) is 5.69 Å². The van der Waals surface area contributed by atoms with Crippen LogP contribution in [0, 0.1) is 0 Å². The average molecular weight is 304 g/mol. The summed E-state index contributed by atoms with van der Waals surface area (Å²) >= 11 is 0. The molecule has 120 valence electrons. The van der Waals surface area contributed by atoms with E-state index in [1.807, 2.05) is 4.90 Å². The van der Waals surface area contributed by atoms with Gasteiger partial charge in [-0.2, -0.15) is 0 Å². The Kier molecular flexibility index (Phi) is 4.64. The molecule has 1 unspecified atom stereocenters. The smallest absolute Gasteiger partial charge is 0.265 e. The third kappa shape index (κ3) is 2.96. The Balaban J connectivity index is 1.93. The maximum absolute atomic E-state index is 12.2. The molecule has 0 radical (unpaired) electrons. The lowest BCUT2D eigenvalue weighted by atomic mass is 9.93. The van der Waals surface area contributed by atoms with Gasteiger partial charge in [-0.05, 0) is 48.6 Å². The van der Waals surface area contributed by atoms with Gasteiger partial charge >= 0.3 is 0 Å². The van der Waals surface area contributed by atoms with E-state index < -0.39 is 0 Å². The summed E-state index contributed by atoms with van der Waals surface area (Å²) in [5, 5.41) is 3.46. The number of methoxy groups -OCH3 is 1. The van der Waals surface area contributed by atoms with Gasteiger partial charge in [0, 0.05) is 26.8 Å². The predicted octanol–water partition coefficient (Wildman–Crippen LogP) is 1.70. The van der Waals surface area contributed by atoms with Crippen LogP contribution in [-0.2, 0) is 16.0 Å². The van der Waals surface area contributed by atoms with E-state index in [1.54, 1.807) is 7.11 Å². The molecule has 0 saturated carbocycles. The standard InChI is InChI=1S/C17H24N2O3/c1-12-10-18-5-4-13-8-16-15(9-14(12)13)19(6-3-7-21-2)17(20)11-22-16/h8-9,12,18H,3-7,10-11H2,1-2H3. The Morgan fingerprint density at radius 3 is 3.14 bits per heavy atom. The number of carbonyl (C=O) groups is 1. The molecule has 0 bridgehead atoms. The Labute approximate surface area is 131 Å². The fraction of sp³-hybridized carbons (Fsp3) is 0.588. The van der Waals surface area contributed by atoms with Gasteiger partial charge in [-0.25, -0.2) is 0 Å². The Morgan fingerprint density at radius 2 is 2.32 bits per heavy atom. The molecule has 1 amide bonds. The molecule has 0 spiro atoms. The van der Waals surface area contributed by atoms with Gasteiger partial charge in [-0.3, -0.25) is 4.79 Å². The maximum Gasteiger partial charge on any atom is 0.265 e. The van der Waals surface area contributed by atoms with Gasteiger partial charge in [0.1, 0.15) is 5.75 Å². The predicted molar refractivity (Wildman–Crippen MR) is 85.8 cm³/mol. The van der Waals surface area contributed by atoms with Crippen molar-refractivity contribution in [2.24, 2.45) is 0 Å². The molecule has 2 heterocycles. The third-order valence-corrected chi connectivity index (χ3v) is 4.45. The normalized spacial score (nSPS) is 20.9. The van der Waals surface area contributed by atoms with Crippen molar-refractivity contribution in [1.82, 2.24) is 5.32 Å². The minimum Gasteiger partial charge on any atom is -0.482 e. The SMILES string of the molecule is COCCCN1C(=O)COc2cc3c(cc21)C(C)CNCC3. The summed E-state index contributed by atoms with van der Waals surface area (Å²) in [6.45, 7) is 5.66. The molecule has 0 saturated heterocycles. The number of benzene rings is 1. The fourth-order valence-electron chi connectivity index (χ4n) is 3.24. The first kappa shape index (κ1) is 15.3. The van der Waals surface area contributed by atoms with Crippen LogP contribution in [0.3, 0.4) is 0 Å². The number of anilines is 1. The number of carbonyl (C=O) groups excluding carboxylic acids is 1. The van der Waals surface area contributed by atoms with Crippen molar-refractivity contribution in [3.63, 3.8) is 0 Å². The van der Waals surface area contributed by atoms with Crippen molar-refractivity contribution in [2.45, 2.75) is 25.7 Å². The molecule has 22 heavy (non-hydrogen) atoms. The first-order valence-corrected chi connectivity index (χ1v) is 8.00. The Hall–Kier alpha value is -1.59. The van der Waals surface area contributed by atoms with Crippen LogP contribution in [0.25, 0.3) is 0 Å². The zero-order chi connectivity index (χ0) is 15.5. The molecule has 0 aliphatic carbocycles. The summed E-state index contributed by atoms with van der Waals surface area (Å²) in [4.78, 5) is 14.1. The van der Waals surface area contributed by atoms with Crippen molar-refractivity contribution >= 4 is 11.6 Å². The molecule has 2 aliphatic heterocycles. The molecule has 1 aromatic rings. The minimum absolute atomic E-state index is 0.0305. The molecule has 1 aromatic carbocycles. The molecule has 2 aliphatic rings. The summed E-state index contributed by atoms with van der Waals surface area (Å²) in [6.07, 6.45) is 1.84. The maximum atomic E-state index is 12.2. The van der Waals surface area contributed by atoms with E-state index in [-0.39, 0.29) is 12.5 Å². The van der Waals surface area contributed by atoms with E-state index in [0.29, 0.717) is 19.1 Å². The monoisotopic (exact) mass is 304 g/mol. The molecule has 1 N–H and O–H groups in total. The highest BCUT2D eigenvalue weighted by atomic mass is 16.5. The zero-order valence-electron chi connectivity index (χ0n) is 13.4. The third-order valence-electron chi connectivity index (χ3n) is 4.45. The van der Waals surface area contributed by atoms with Crippen LogP contribution in [0.5, 0.6) is 5.75 Å². The second kappa shape index (κ2) is 6.67. The van der Waals surface area contributed by atoms with Gasteiger partial charge in [0.25, 0.3) is 5.91 Å². The van der Waals surface area contributed by atoms with E-state index in [0.717, 1.165) is 37.4 Å². The second-order valence-electron chi connectivity index (χ2n) is 6.05. The summed E-state index contributed by atoms with van der Waals surface area (Å²) in [6, 6.07) is 4.29. The summed E-state index contributed by atoms with van der Waals surface area (Å²) < 4.78 is 10.8. The summed E-state index contributed by atoms with van der Waals surface area (Å²) in [7, 11) is 1.68. The van der Waals surface area contributed by atoms with Crippen molar-refractivity contribution in [3.05, 3.63) is 23.3 Å². The largest absolute Gasteiger partial charge is 0.482 e. The van der Waals surface area contributed by atoms with Crippen LogP contribution in [0.2, 0.25) is 0 Å². The van der Waals surface area contributed by atoms with Crippen molar-refractivity contribution < 1.29 is 14.3 Å². The number of hydrogen-bond donors (Lipinski definition) is 1. The quantitative estimate of drug-likeness (QED) is 0.860. The van der Waals surface area contributed by atoms with Crippen LogP contribution in [0.1, 0.15) is 30.4 Å². The molecule has 5 heteroatoms. The molecular formula is C17H24N2O3. The summed E-state index contributed by atoms with van der Waals surface area (Å²) in [5.41, 5.74) is 3.58. The molecule has 0 fully saturated rings. The molecular weight excluding hydrogens is 280 g/mol. The van der Waals surface area contributed by atoms with E-state index in [1.165, 1.54) is 11.1 Å². The first-order valence-electron chi connectivity index (χ1n) is 8.00. The van der Waals surface area contributed by atoms with Crippen molar-refractivity contribution in [2.75, 3.05) is 44.9 Å². The average Bonchev–Trinajstić information content (AvgIpc) is 2.70. The van der Waals surface area contributed by atoms with Crippen LogP contribution in [0.15, 0.2) is 12.1 Å². The van der Waals surface area contributed by atoms with Crippen molar-refractivity contribution in [3.8, 4) is 5.75 Å². The fourth-order valence-corrected chi connectivity index (χ4v) is 3.24. The number of ether oxygens (including phenoxy) is 2.